The van der Waals surface area contributed by atoms with Crippen molar-refractivity contribution >= 4 is 11.3 Å². The summed E-state index contributed by atoms with van der Waals surface area (Å²) in [6.07, 6.45) is 2.47. The molecule has 0 aliphatic heterocycles. The van der Waals surface area contributed by atoms with Crippen molar-refractivity contribution in [3.05, 3.63) is 33.7 Å². The van der Waals surface area contributed by atoms with E-state index in [2.05, 4.69) is 41.3 Å². The molecule has 0 bridgehead atoms. The number of H-pyrrole nitrogens is 1. The molecule has 0 unspecified atom stereocenters. The van der Waals surface area contributed by atoms with Crippen LogP contribution in [-0.4, -0.2) is 27.3 Å². The zero-order valence-corrected chi connectivity index (χ0v) is 12.2. The normalized spacial score (nSPS) is 11.7. The van der Waals surface area contributed by atoms with E-state index in [1.54, 1.807) is 6.20 Å². The van der Waals surface area contributed by atoms with Gasteiger partial charge in [-0.15, -0.1) is 10.2 Å². The number of nitrogens with zero attached hydrogens (tertiary/aromatic N) is 2. The number of aromatic nitrogens is 3. The average molecular weight is 278 g/mol. The number of rotatable bonds is 4. The highest BCUT2D eigenvalue weighted by molar-refractivity contribution is 7.14. The van der Waals surface area contributed by atoms with Gasteiger partial charge in [0.1, 0.15) is 10.0 Å². The molecule has 0 atom stereocenters. The minimum atomic E-state index is -0.122. The molecular weight excluding hydrogens is 260 g/mol. The Morgan fingerprint density at radius 3 is 2.84 bits per heavy atom. The lowest BCUT2D eigenvalue weighted by atomic mass is 10.1. The first-order chi connectivity index (χ1) is 8.94. The molecular formula is C13H18N4OS. The minimum Gasteiger partial charge on any atom is -0.329 e. The Morgan fingerprint density at radius 2 is 2.16 bits per heavy atom. The predicted octanol–water partition coefficient (Wildman–Crippen LogP) is 1.82. The second kappa shape index (κ2) is 5.63. The van der Waals surface area contributed by atoms with Crippen LogP contribution in [0.2, 0.25) is 0 Å². The monoisotopic (exact) mass is 278 g/mol. The van der Waals surface area contributed by atoms with Crippen LogP contribution in [0.3, 0.4) is 0 Å². The molecule has 19 heavy (non-hydrogen) atoms. The van der Waals surface area contributed by atoms with Crippen LogP contribution in [-0.2, 0) is 6.42 Å². The van der Waals surface area contributed by atoms with E-state index in [1.807, 2.05) is 6.07 Å². The lowest BCUT2D eigenvalue weighted by molar-refractivity contribution is 0.429. The summed E-state index contributed by atoms with van der Waals surface area (Å²) in [4.78, 5) is 13.8. The Labute approximate surface area is 116 Å². The van der Waals surface area contributed by atoms with Gasteiger partial charge in [-0.1, -0.05) is 11.3 Å². The van der Waals surface area contributed by atoms with Crippen molar-refractivity contribution in [2.45, 2.75) is 32.7 Å². The predicted molar refractivity (Wildman–Crippen MR) is 77.4 cm³/mol. The highest BCUT2D eigenvalue weighted by Crippen LogP contribution is 2.21. The van der Waals surface area contributed by atoms with E-state index in [4.69, 9.17) is 0 Å². The smallest absolute Gasteiger partial charge is 0.248 e. The van der Waals surface area contributed by atoms with Crippen LogP contribution in [0, 0.1) is 0 Å². The van der Waals surface area contributed by atoms with Crippen LogP contribution < -0.4 is 10.9 Å². The fourth-order valence-corrected chi connectivity index (χ4v) is 2.43. The van der Waals surface area contributed by atoms with Crippen LogP contribution in [0.1, 0.15) is 25.8 Å². The van der Waals surface area contributed by atoms with Crippen LogP contribution in [0.25, 0.3) is 10.6 Å². The minimum absolute atomic E-state index is 0.111. The first-order valence-electron chi connectivity index (χ1n) is 6.20. The maximum absolute atomic E-state index is 11.2. The van der Waals surface area contributed by atoms with E-state index in [0.717, 1.165) is 28.5 Å². The maximum Gasteiger partial charge on any atom is 0.248 e. The van der Waals surface area contributed by atoms with Crippen LogP contribution >= 0.6 is 11.3 Å². The summed E-state index contributed by atoms with van der Waals surface area (Å²) >= 11 is 1.53. The van der Waals surface area contributed by atoms with Gasteiger partial charge in [-0.3, -0.25) is 4.79 Å². The molecule has 0 fully saturated rings. The molecule has 0 aliphatic carbocycles. The number of aromatic amines is 1. The highest BCUT2D eigenvalue weighted by atomic mass is 32.1. The Bertz CT molecular complexity index is 597. The second-order valence-electron chi connectivity index (χ2n) is 5.37. The number of nitrogens with one attached hydrogen (secondary N) is 2. The molecule has 0 spiro atoms. The molecule has 0 aromatic carbocycles. The van der Waals surface area contributed by atoms with Crippen molar-refractivity contribution in [2.75, 3.05) is 6.54 Å². The first kappa shape index (κ1) is 13.9. The van der Waals surface area contributed by atoms with E-state index in [0.29, 0.717) is 0 Å². The summed E-state index contributed by atoms with van der Waals surface area (Å²) < 4.78 is 0. The molecule has 5 nitrogen and oxygen atoms in total. The highest BCUT2D eigenvalue weighted by Gasteiger charge is 2.10. The molecule has 2 aromatic rings. The Hall–Kier alpha value is -1.53. The summed E-state index contributed by atoms with van der Waals surface area (Å²) in [7, 11) is 0. The second-order valence-corrected chi connectivity index (χ2v) is 6.43. The topological polar surface area (TPSA) is 70.7 Å². The SMILES string of the molecule is CC(C)(C)NCCc1nnc(-c2cc[nH]c(=O)c2)s1. The zero-order valence-electron chi connectivity index (χ0n) is 11.4. The molecule has 6 heteroatoms. The van der Waals surface area contributed by atoms with E-state index < -0.39 is 0 Å². The maximum atomic E-state index is 11.2. The van der Waals surface area contributed by atoms with Crippen molar-refractivity contribution in [3.63, 3.8) is 0 Å². The van der Waals surface area contributed by atoms with E-state index in [1.165, 1.54) is 17.4 Å². The lowest BCUT2D eigenvalue weighted by Gasteiger charge is -2.19. The molecule has 0 saturated carbocycles. The van der Waals surface area contributed by atoms with Gasteiger partial charge in [0.15, 0.2) is 0 Å². The van der Waals surface area contributed by atoms with Crippen molar-refractivity contribution in [1.29, 1.82) is 0 Å². The summed E-state index contributed by atoms with van der Waals surface area (Å²) in [5, 5.41) is 13.5. The third-order valence-corrected chi connectivity index (χ3v) is 3.52. The molecule has 2 aromatic heterocycles. The van der Waals surface area contributed by atoms with Crippen molar-refractivity contribution < 1.29 is 0 Å². The number of hydrogen-bond acceptors (Lipinski definition) is 5. The summed E-state index contributed by atoms with van der Waals surface area (Å²) in [6, 6.07) is 3.37. The van der Waals surface area contributed by atoms with Crippen LogP contribution in [0.5, 0.6) is 0 Å². The van der Waals surface area contributed by atoms with Crippen molar-refractivity contribution in [3.8, 4) is 10.6 Å². The van der Waals surface area contributed by atoms with Gasteiger partial charge in [0.25, 0.3) is 0 Å². The third kappa shape index (κ3) is 4.25. The summed E-state index contributed by atoms with van der Waals surface area (Å²) in [5.74, 6) is 0. The molecule has 102 valence electrons. The molecule has 0 radical (unpaired) electrons. The van der Waals surface area contributed by atoms with Gasteiger partial charge in [-0.05, 0) is 26.8 Å². The molecule has 2 heterocycles. The Morgan fingerprint density at radius 1 is 1.37 bits per heavy atom. The third-order valence-electron chi connectivity index (χ3n) is 2.48. The molecule has 0 aliphatic rings. The lowest BCUT2D eigenvalue weighted by Crippen LogP contribution is -2.37. The van der Waals surface area contributed by atoms with Crippen LogP contribution in [0.15, 0.2) is 23.1 Å². The number of pyridine rings is 1. The standard InChI is InChI=1S/C13H18N4OS/c1-13(2,3)15-7-5-11-16-17-12(19-11)9-4-6-14-10(18)8-9/h4,6,8,15H,5,7H2,1-3H3,(H,14,18). The van der Waals surface area contributed by atoms with Crippen molar-refractivity contribution in [1.82, 2.24) is 20.5 Å². The van der Waals surface area contributed by atoms with E-state index in [9.17, 15) is 4.79 Å². The van der Waals surface area contributed by atoms with Crippen molar-refractivity contribution in [2.24, 2.45) is 0 Å². The van der Waals surface area contributed by atoms with E-state index >= 15 is 0 Å². The largest absolute Gasteiger partial charge is 0.329 e. The molecule has 2 N–H and O–H groups in total. The van der Waals surface area contributed by atoms with Gasteiger partial charge >= 0.3 is 0 Å². The zero-order chi connectivity index (χ0) is 13.9. The van der Waals surface area contributed by atoms with E-state index in [-0.39, 0.29) is 11.1 Å². The van der Waals surface area contributed by atoms with Gasteiger partial charge in [0.05, 0.1) is 0 Å². The van der Waals surface area contributed by atoms with Gasteiger partial charge < -0.3 is 10.3 Å². The van der Waals surface area contributed by atoms with Gasteiger partial charge in [-0.25, -0.2) is 0 Å². The summed E-state index contributed by atoms with van der Waals surface area (Å²) in [5.41, 5.74) is 0.806. The first-order valence-corrected chi connectivity index (χ1v) is 7.02. The van der Waals surface area contributed by atoms with Gasteiger partial charge in [-0.2, -0.15) is 0 Å². The fourth-order valence-electron chi connectivity index (χ4n) is 1.59. The van der Waals surface area contributed by atoms with Gasteiger partial charge in [0, 0.05) is 36.3 Å². The average Bonchev–Trinajstić information content (AvgIpc) is 2.76. The quantitative estimate of drug-likeness (QED) is 0.895. The Balaban J connectivity index is 2.01. The molecule has 0 saturated heterocycles. The molecule has 2 rings (SSSR count). The summed E-state index contributed by atoms with van der Waals surface area (Å²) in [6.45, 7) is 7.27. The Kier molecular flexibility index (Phi) is 4.11. The fraction of sp³-hybridized carbons (Fsp3) is 0.462. The molecule has 0 amide bonds. The van der Waals surface area contributed by atoms with Crippen LogP contribution in [0.4, 0.5) is 0 Å². The van der Waals surface area contributed by atoms with Gasteiger partial charge in [0.2, 0.25) is 5.56 Å². The number of hydrogen-bond donors (Lipinski definition) is 2.